The molecule has 1 aromatic heterocycles. The molecule has 0 amide bonds. The second-order valence-corrected chi connectivity index (χ2v) is 11.1. The quantitative estimate of drug-likeness (QED) is 0.826. The van der Waals surface area contributed by atoms with E-state index in [4.69, 9.17) is 34.3 Å². The van der Waals surface area contributed by atoms with Crippen LogP contribution in [0.4, 0.5) is 5.13 Å². The van der Waals surface area contributed by atoms with Crippen LogP contribution in [0.5, 0.6) is 0 Å². The first-order valence-corrected chi connectivity index (χ1v) is 9.11. The van der Waals surface area contributed by atoms with E-state index in [0.29, 0.717) is 5.13 Å². The second-order valence-electron chi connectivity index (χ2n) is 2.56. The van der Waals surface area contributed by atoms with Gasteiger partial charge in [-0.1, -0.05) is 23.5 Å². The lowest BCUT2D eigenvalue weighted by atomic mass is 10.3. The molecule has 2 nitrogen and oxygen atoms in total. The molecule has 0 aliphatic carbocycles. The molecule has 0 aliphatic rings. The highest BCUT2D eigenvalue weighted by Crippen LogP contribution is 2.56. The maximum atomic E-state index is 5.74. The first-order valence-electron chi connectivity index (χ1n) is 3.68. The zero-order valence-corrected chi connectivity index (χ0v) is 10.8. The number of halogens is 2. The van der Waals surface area contributed by atoms with Gasteiger partial charge in [-0.15, -0.1) is 0 Å². The number of fused-ring (bicyclic) bond motifs is 1. The van der Waals surface area contributed by atoms with Gasteiger partial charge in [-0.05, 0) is 46.4 Å². The minimum atomic E-state index is -2.47. The number of nitrogens with one attached hydrogen (secondary N) is 1. The van der Waals surface area contributed by atoms with Crippen molar-refractivity contribution in [2.75, 3.05) is 5.09 Å². The third-order valence-corrected chi connectivity index (χ3v) is 3.88. The zero-order valence-electron chi connectivity index (χ0n) is 6.78. The standard InChI is InChI=1S/C7H5Cl2N2PS2/c8-12(9,13)11-7-10-5-3-1-2-4-6(5)14-7/h1-4H,(H,10,11,13). The van der Waals surface area contributed by atoms with Crippen LogP contribution in [-0.2, 0) is 11.8 Å². The highest BCUT2D eigenvalue weighted by molar-refractivity contribution is 8.39. The fourth-order valence-corrected chi connectivity index (χ4v) is 3.83. The molecule has 0 radical (unpaired) electrons. The lowest BCUT2D eigenvalue weighted by molar-refractivity contribution is 1.49. The Bertz CT molecular complexity index is 474. The maximum absolute atomic E-state index is 5.74. The Balaban J connectivity index is 2.41. The molecule has 0 fully saturated rings. The molecule has 0 saturated carbocycles. The summed E-state index contributed by atoms with van der Waals surface area (Å²) in [6.07, 6.45) is 0. The SMILES string of the molecule is S=P(Cl)(Cl)Nc1nc2ccccc2s1. The summed E-state index contributed by atoms with van der Waals surface area (Å²) in [7, 11) is 0. The summed E-state index contributed by atoms with van der Waals surface area (Å²) in [6, 6.07) is 7.82. The summed E-state index contributed by atoms with van der Waals surface area (Å²) in [5.41, 5.74) is 0.928. The molecule has 0 bridgehead atoms. The number of anilines is 1. The average Bonchev–Trinajstić information content (AvgIpc) is 2.42. The summed E-state index contributed by atoms with van der Waals surface area (Å²) in [4.78, 5) is 1.83. The highest BCUT2D eigenvalue weighted by Gasteiger charge is 2.11. The van der Waals surface area contributed by atoms with Crippen molar-refractivity contribution in [3.05, 3.63) is 24.3 Å². The van der Waals surface area contributed by atoms with Crippen molar-refractivity contribution in [1.29, 1.82) is 0 Å². The van der Waals surface area contributed by atoms with Crippen molar-refractivity contribution in [1.82, 2.24) is 4.98 Å². The number of para-hydroxylation sites is 1. The van der Waals surface area contributed by atoms with Crippen LogP contribution in [0.1, 0.15) is 0 Å². The van der Waals surface area contributed by atoms with E-state index in [1.807, 2.05) is 24.3 Å². The Morgan fingerprint density at radius 2 is 2.07 bits per heavy atom. The van der Waals surface area contributed by atoms with Crippen molar-refractivity contribution < 1.29 is 0 Å². The van der Waals surface area contributed by atoms with Crippen LogP contribution in [-0.4, -0.2) is 4.98 Å². The summed E-state index contributed by atoms with van der Waals surface area (Å²) < 4.78 is 1.09. The third kappa shape index (κ3) is 2.59. The van der Waals surface area contributed by atoms with Crippen molar-refractivity contribution >= 4 is 65.9 Å². The van der Waals surface area contributed by atoms with E-state index in [-0.39, 0.29) is 0 Å². The highest BCUT2D eigenvalue weighted by atomic mass is 35.9. The molecule has 0 unspecified atom stereocenters. The number of aromatic nitrogens is 1. The van der Waals surface area contributed by atoms with Gasteiger partial charge < -0.3 is 5.09 Å². The van der Waals surface area contributed by atoms with Crippen LogP contribution in [0.3, 0.4) is 0 Å². The van der Waals surface area contributed by atoms with Gasteiger partial charge in [0.25, 0.3) is 0 Å². The molecule has 0 atom stereocenters. The van der Waals surface area contributed by atoms with E-state index in [1.54, 1.807) is 0 Å². The van der Waals surface area contributed by atoms with Gasteiger partial charge in [0, 0.05) is 0 Å². The summed E-state index contributed by atoms with van der Waals surface area (Å²) in [5.74, 6) is 0. The van der Waals surface area contributed by atoms with Crippen LogP contribution in [0, 0.1) is 0 Å². The summed E-state index contributed by atoms with van der Waals surface area (Å²) in [6.45, 7) is 0. The average molecular weight is 283 g/mol. The maximum Gasteiger partial charge on any atom is 0.206 e. The smallest absolute Gasteiger partial charge is 0.206 e. The molecule has 74 valence electrons. The predicted octanol–water partition coefficient (Wildman–Crippen LogP) is 4.41. The molecular weight excluding hydrogens is 278 g/mol. The van der Waals surface area contributed by atoms with Gasteiger partial charge in [-0.2, -0.15) is 0 Å². The molecule has 0 spiro atoms. The van der Waals surface area contributed by atoms with E-state index < -0.39 is 4.89 Å². The Labute approximate surface area is 99.9 Å². The zero-order chi connectivity index (χ0) is 10.2. The lowest BCUT2D eigenvalue weighted by Crippen LogP contribution is -1.83. The van der Waals surface area contributed by atoms with Crippen molar-refractivity contribution in [3.8, 4) is 0 Å². The minimum Gasteiger partial charge on any atom is -0.311 e. The topological polar surface area (TPSA) is 24.9 Å². The number of rotatable bonds is 2. The molecule has 14 heavy (non-hydrogen) atoms. The van der Waals surface area contributed by atoms with Crippen molar-refractivity contribution in [2.45, 2.75) is 0 Å². The van der Waals surface area contributed by atoms with Gasteiger partial charge in [0.1, 0.15) is 0 Å². The number of benzene rings is 1. The van der Waals surface area contributed by atoms with Crippen molar-refractivity contribution in [3.63, 3.8) is 0 Å². The van der Waals surface area contributed by atoms with Crippen LogP contribution in [0.25, 0.3) is 10.2 Å². The molecule has 7 heteroatoms. The minimum absolute atomic E-state index is 0.680. The number of nitrogens with zero attached hydrogens (tertiary/aromatic N) is 1. The first kappa shape index (κ1) is 10.7. The molecule has 1 aromatic carbocycles. The van der Waals surface area contributed by atoms with Gasteiger partial charge >= 0.3 is 0 Å². The molecule has 0 aliphatic heterocycles. The molecule has 1 heterocycles. The van der Waals surface area contributed by atoms with Gasteiger partial charge in [0.05, 0.1) is 10.2 Å². The summed E-state index contributed by atoms with van der Waals surface area (Å²) >= 11 is 17.8. The van der Waals surface area contributed by atoms with E-state index in [0.717, 1.165) is 10.2 Å². The lowest BCUT2D eigenvalue weighted by Gasteiger charge is -2.04. The van der Waals surface area contributed by atoms with Crippen LogP contribution >= 0.6 is 38.7 Å². The third-order valence-electron chi connectivity index (χ3n) is 1.52. The second kappa shape index (κ2) is 3.95. The van der Waals surface area contributed by atoms with Gasteiger partial charge in [0.2, 0.25) is 4.89 Å². The Hall–Kier alpha value is 0.140. The molecule has 2 aromatic rings. The van der Waals surface area contributed by atoms with E-state index in [9.17, 15) is 0 Å². The van der Waals surface area contributed by atoms with Crippen molar-refractivity contribution in [2.24, 2.45) is 0 Å². The number of hydrogen-bond donors (Lipinski definition) is 1. The largest absolute Gasteiger partial charge is 0.311 e. The van der Waals surface area contributed by atoms with Crippen LogP contribution in [0.15, 0.2) is 24.3 Å². The fraction of sp³-hybridized carbons (Fsp3) is 0. The predicted molar refractivity (Wildman–Crippen MR) is 69.2 cm³/mol. The fourth-order valence-electron chi connectivity index (χ4n) is 1.03. The van der Waals surface area contributed by atoms with Crippen LogP contribution in [0.2, 0.25) is 0 Å². The monoisotopic (exact) mass is 282 g/mol. The molecule has 1 N–H and O–H groups in total. The van der Waals surface area contributed by atoms with Gasteiger partial charge in [-0.3, -0.25) is 0 Å². The Morgan fingerprint density at radius 1 is 1.36 bits per heavy atom. The van der Waals surface area contributed by atoms with Gasteiger partial charge in [0.15, 0.2) is 5.13 Å². The number of hydrogen-bond acceptors (Lipinski definition) is 3. The van der Waals surface area contributed by atoms with Crippen LogP contribution < -0.4 is 5.09 Å². The first-order chi connectivity index (χ1) is 6.54. The van der Waals surface area contributed by atoms with Gasteiger partial charge in [-0.25, -0.2) is 4.98 Å². The number of thiazole rings is 1. The molecular formula is C7H5Cl2N2PS2. The Kier molecular flexibility index (Phi) is 3.01. The normalized spacial score (nSPS) is 11.9. The summed E-state index contributed by atoms with van der Waals surface area (Å²) in [5, 5.41) is 3.51. The van der Waals surface area contributed by atoms with E-state index >= 15 is 0 Å². The molecule has 2 rings (SSSR count). The van der Waals surface area contributed by atoms with E-state index in [1.165, 1.54) is 11.3 Å². The Morgan fingerprint density at radius 3 is 2.71 bits per heavy atom. The van der Waals surface area contributed by atoms with E-state index in [2.05, 4.69) is 10.1 Å². The molecule has 0 saturated heterocycles.